The Balaban J connectivity index is 2.23. The Hall–Kier alpha value is -2.06. The molecule has 21 heavy (non-hydrogen) atoms. The third-order valence-corrected chi connectivity index (χ3v) is 4.80. The molecule has 0 saturated carbocycles. The van der Waals surface area contributed by atoms with E-state index in [2.05, 4.69) is 4.98 Å². The summed E-state index contributed by atoms with van der Waals surface area (Å²) in [4.78, 5) is 15.6. The molecular formula is C13H13N3O3S2. The number of hydrogen-bond donors (Lipinski definition) is 1. The fraction of sp³-hybridized carbons (Fsp3) is 0.154. The van der Waals surface area contributed by atoms with E-state index < -0.39 is 9.84 Å². The summed E-state index contributed by atoms with van der Waals surface area (Å²) in [6, 6.07) is 7.41. The lowest BCUT2D eigenvalue weighted by molar-refractivity contribution is 0.586. The van der Waals surface area contributed by atoms with Gasteiger partial charge in [-0.05, 0) is 12.1 Å². The maximum Gasteiger partial charge on any atom is 0.253 e. The highest BCUT2D eigenvalue weighted by atomic mass is 32.2. The second-order valence-corrected chi connectivity index (χ2v) is 6.87. The normalized spacial score (nSPS) is 11.2. The van der Waals surface area contributed by atoms with Crippen molar-refractivity contribution < 1.29 is 8.42 Å². The first kappa shape index (κ1) is 15.3. The van der Waals surface area contributed by atoms with Crippen molar-refractivity contribution in [2.45, 2.75) is 11.4 Å². The highest BCUT2D eigenvalue weighted by molar-refractivity contribution is 7.91. The van der Waals surface area contributed by atoms with Crippen LogP contribution in [-0.4, -0.2) is 28.7 Å². The lowest BCUT2D eigenvalue weighted by Crippen LogP contribution is -2.23. The molecule has 0 saturated heterocycles. The standard InChI is InChI=1S/C13H13N3O3S2/c14-13(20)10-2-1-3-11(8-10)21(18,19)7-6-16-9-15-5-4-12(16)17/h1-5,8-9H,6-7H2,(H2,14,20). The maximum atomic E-state index is 12.3. The highest BCUT2D eigenvalue weighted by Gasteiger charge is 2.15. The average molecular weight is 323 g/mol. The Morgan fingerprint density at radius 2 is 2.10 bits per heavy atom. The van der Waals surface area contributed by atoms with E-state index in [9.17, 15) is 13.2 Å². The zero-order chi connectivity index (χ0) is 15.5. The summed E-state index contributed by atoms with van der Waals surface area (Å²) in [5.41, 5.74) is 5.69. The van der Waals surface area contributed by atoms with E-state index in [1.54, 1.807) is 12.1 Å². The molecule has 0 atom stereocenters. The predicted molar refractivity (Wildman–Crippen MR) is 82.9 cm³/mol. The van der Waals surface area contributed by atoms with Gasteiger partial charge in [0.2, 0.25) is 0 Å². The van der Waals surface area contributed by atoms with Crippen LogP contribution < -0.4 is 11.3 Å². The van der Waals surface area contributed by atoms with Crippen LogP contribution in [0.25, 0.3) is 0 Å². The van der Waals surface area contributed by atoms with E-state index in [1.807, 2.05) is 0 Å². The number of rotatable bonds is 5. The zero-order valence-electron chi connectivity index (χ0n) is 11.0. The largest absolute Gasteiger partial charge is 0.389 e. The third-order valence-electron chi connectivity index (χ3n) is 2.87. The smallest absolute Gasteiger partial charge is 0.253 e. The van der Waals surface area contributed by atoms with Crippen molar-refractivity contribution in [3.63, 3.8) is 0 Å². The van der Waals surface area contributed by atoms with Crippen molar-refractivity contribution in [1.29, 1.82) is 0 Å². The molecule has 2 rings (SSSR count). The Labute approximate surface area is 127 Å². The predicted octanol–water partition coefficient (Wildman–Crippen LogP) is 0.351. The molecule has 0 radical (unpaired) electrons. The van der Waals surface area contributed by atoms with Gasteiger partial charge in [0.1, 0.15) is 4.99 Å². The molecule has 0 bridgehead atoms. The lowest BCUT2D eigenvalue weighted by atomic mass is 10.2. The molecule has 2 N–H and O–H groups in total. The molecule has 8 heteroatoms. The summed E-state index contributed by atoms with van der Waals surface area (Å²) >= 11 is 4.83. The van der Waals surface area contributed by atoms with Crippen LogP contribution in [0.1, 0.15) is 5.56 Å². The van der Waals surface area contributed by atoms with E-state index in [4.69, 9.17) is 18.0 Å². The SMILES string of the molecule is NC(=S)c1cccc(S(=O)(=O)CCn2cnccc2=O)c1. The first-order valence-electron chi connectivity index (χ1n) is 6.03. The topological polar surface area (TPSA) is 95.1 Å². The van der Waals surface area contributed by atoms with Crippen LogP contribution in [0.5, 0.6) is 0 Å². The Kier molecular flexibility index (Phi) is 4.49. The molecule has 0 spiro atoms. The van der Waals surface area contributed by atoms with E-state index in [-0.39, 0.29) is 27.7 Å². The van der Waals surface area contributed by atoms with Gasteiger partial charge in [0, 0.05) is 24.4 Å². The molecule has 0 unspecified atom stereocenters. The van der Waals surface area contributed by atoms with Gasteiger partial charge in [-0.25, -0.2) is 13.4 Å². The fourth-order valence-electron chi connectivity index (χ4n) is 1.73. The number of thiocarbonyl (C=S) groups is 1. The van der Waals surface area contributed by atoms with E-state index in [0.29, 0.717) is 5.56 Å². The van der Waals surface area contributed by atoms with Crippen molar-refractivity contribution in [3.8, 4) is 0 Å². The van der Waals surface area contributed by atoms with Crippen molar-refractivity contribution in [2.24, 2.45) is 5.73 Å². The molecular weight excluding hydrogens is 310 g/mol. The Morgan fingerprint density at radius 3 is 2.76 bits per heavy atom. The number of nitrogens with zero attached hydrogens (tertiary/aromatic N) is 2. The van der Waals surface area contributed by atoms with Crippen LogP contribution in [0.4, 0.5) is 0 Å². The van der Waals surface area contributed by atoms with Crippen LogP contribution >= 0.6 is 12.2 Å². The van der Waals surface area contributed by atoms with Gasteiger partial charge in [-0.2, -0.15) is 0 Å². The van der Waals surface area contributed by atoms with E-state index in [1.165, 1.54) is 35.3 Å². The minimum atomic E-state index is -3.53. The molecule has 1 aromatic heterocycles. The van der Waals surface area contributed by atoms with Crippen molar-refractivity contribution in [1.82, 2.24) is 9.55 Å². The van der Waals surface area contributed by atoms with Gasteiger partial charge in [0.15, 0.2) is 9.84 Å². The van der Waals surface area contributed by atoms with E-state index in [0.717, 1.165) is 0 Å². The van der Waals surface area contributed by atoms with Crippen LogP contribution in [0, 0.1) is 0 Å². The molecule has 2 aromatic rings. The molecule has 0 aliphatic heterocycles. The first-order chi connectivity index (χ1) is 9.90. The maximum absolute atomic E-state index is 12.3. The van der Waals surface area contributed by atoms with Gasteiger partial charge in [-0.3, -0.25) is 9.36 Å². The number of hydrogen-bond acceptors (Lipinski definition) is 5. The number of benzene rings is 1. The summed E-state index contributed by atoms with van der Waals surface area (Å²) < 4.78 is 25.8. The molecule has 6 nitrogen and oxygen atoms in total. The first-order valence-corrected chi connectivity index (χ1v) is 8.09. The van der Waals surface area contributed by atoms with Gasteiger partial charge < -0.3 is 5.73 Å². The molecule has 0 amide bonds. The quantitative estimate of drug-likeness (QED) is 0.798. The summed E-state index contributed by atoms with van der Waals surface area (Å²) in [5, 5.41) is 0. The monoisotopic (exact) mass is 323 g/mol. The van der Waals surface area contributed by atoms with Crippen molar-refractivity contribution in [2.75, 3.05) is 5.75 Å². The summed E-state index contributed by atoms with van der Waals surface area (Å²) in [5.74, 6) is -0.209. The molecule has 0 aliphatic rings. The number of sulfone groups is 1. The lowest BCUT2D eigenvalue weighted by Gasteiger charge is -2.07. The Morgan fingerprint density at radius 1 is 1.33 bits per heavy atom. The van der Waals surface area contributed by atoms with Crippen LogP contribution in [-0.2, 0) is 16.4 Å². The molecule has 0 aliphatic carbocycles. The summed E-state index contributed by atoms with van der Waals surface area (Å²) in [6.45, 7) is 0.0340. The summed E-state index contributed by atoms with van der Waals surface area (Å²) in [6.07, 6.45) is 2.67. The van der Waals surface area contributed by atoms with Crippen LogP contribution in [0.3, 0.4) is 0 Å². The van der Waals surface area contributed by atoms with Crippen molar-refractivity contribution in [3.05, 3.63) is 58.8 Å². The summed E-state index contributed by atoms with van der Waals surface area (Å²) in [7, 11) is -3.53. The molecule has 1 heterocycles. The molecule has 0 fully saturated rings. The highest BCUT2D eigenvalue weighted by Crippen LogP contribution is 2.13. The van der Waals surface area contributed by atoms with Gasteiger partial charge in [-0.15, -0.1) is 0 Å². The van der Waals surface area contributed by atoms with Crippen LogP contribution in [0.2, 0.25) is 0 Å². The van der Waals surface area contributed by atoms with Crippen LogP contribution in [0.15, 0.2) is 52.5 Å². The number of aryl methyl sites for hydroxylation is 1. The fourth-order valence-corrected chi connectivity index (χ4v) is 3.12. The van der Waals surface area contributed by atoms with Gasteiger partial charge in [0.25, 0.3) is 5.56 Å². The van der Waals surface area contributed by atoms with Crippen molar-refractivity contribution >= 4 is 27.0 Å². The number of nitrogens with two attached hydrogens (primary N) is 1. The van der Waals surface area contributed by atoms with Gasteiger partial charge in [-0.1, -0.05) is 24.4 Å². The zero-order valence-corrected chi connectivity index (χ0v) is 12.6. The Bertz CT molecular complexity index is 828. The third kappa shape index (κ3) is 3.73. The average Bonchev–Trinajstić information content (AvgIpc) is 2.46. The minimum absolute atomic E-state index is 0.0340. The number of aromatic nitrogens is 2. The molecule has 1 aromatic carbocycles. The second-order valence-electron chi connectivity index (χ2n) is 4.32. The van der Waals surface area contributed by atoms with Gasteiger partial charge in [0.05, 0.1) is 17.0 Å². The molecule has 110 valence electrons. The second kappa shape index (κ2) is 6.15. The van der Waals surface area contributed by atoms with E-state index >= 15 is 0 Å². The van der Waals surface area contributed by atoms with Gasteiger partial charge >= 0.3 is 0 Å². The minimum Gasteiger partial charge on any atom is -0.389 e.